The average molecular weight is 372 g/mol. The molecule has 24 heavy (non-hydrogen) atoms. The van der Waals surface area contributed by atoms with Crippen LogP contribution in [0.15, 0.2) is 24.3 Å². The standard InChI is InChI=1S/C17H23F6P/c1-2-3-4-5-6-7-10-13-24(17(22,23)16(19,20)21)15-12-9-8-11-14(15)18/h8-9,11-12H,2-7,10,13H2,1H3. The molecule has 0 aromatic heterocycles. The van der Waals surface area contributed by atoms with Crippen molar-refractivity contribution < 1.29 is 26.3 Å². The third-order valence-electron chi connectivity index (χ3n) is 3.81. The first-order valence-corrected chi connectivity index (χ1v) is 9.71. The van der Waals surface area contributed by atoms with E-state index in [2.05, 4.69) is 6.92 Å². The van der Waals surface area contributed by atoms with Crippen LogP contribution in [0.5, 0.6) is 0 Å². The molecule has 0 aliphatic carbocycles. The molecule has 0 spiro atoms. The minimum Gasteiger partial charge on any atom is -0.206 e. The summed E-state index contributed by atoms with van der Waals surface area (Å²) in [4.78, 5) is 0. The van der Waals surface area contributed by atoms with Crippen LogP contribution < -0.4 is 5.30 Å². The van der Waals surface area contributed by atoms with Gasteiger partial charge < -0.3 is 0 Å². The van der Waals surface area contributed by atoms with E-state index in [9.17, 15) is 26.3 Å². The van der Waals surface area contributed by atoms with Gasteiger partial charge in [0.25, 0.3) is 0 Å². The van der Waals surface area contributed by atoms with Crippen LogP contribution in [-0.4, -0.2) is 18.0 Å². The number of hydrogen-bond acceptors (Lipinski definition) is 0. The lowest BCUT2D eigenvalue weighted by Crippen LogP contribution is -2.38. The first-order valence-electron chi connectivity index (χ1n) is 8.18. The zero-order chi connectivity index (χ0) is 18.2. The Morgan fingerprint density at radius 2 is 1.38 bits per heavy atom. The molecular formula is C17H23F6P. The number of alkyl halides is 5. The maximum absolute atomic E-state index is 13.9. The Kier molecular flexibility index (Phi) is 8.55. The lowest BCUT2D eigenvalue weighted by molar-refractivity contribution is -0.240. The van der Waals surface area contributed by atoms with E-state index < -0.39 is 30.9 Å². The second kappa shape index (κ2) is 9.65. The van der Waals surface area contributed by atoms with Crippen LogP contribution in [0.3, 0.4) is 0 Å². The molecule has 0 amide bonds. The fourth-order valence-electron chi connectivity index (χ4n) is 2.46. The maximum Gasteiger partial charge on any atom is 0.457 e. The predicted molar refractivity (Wildman–Crippen MR) is 86.8 cm³/mol. The number of rotatable bonds is 10. The Morgan fingerprint density at radius 1 is 0.833 bits per heavy atom. The highest BCUT2D eigenvalue weighted by Crippen LogP contribution is 2.59. The van der Waals surface area contributed by atoms with E-state index in [1.54, 1.807) is 0 Å². The Balaban J connectivity index is 2.75. The summed E-state index contributed by atoms with van der Waals surface area (Å²) in [6.45, 7) is 2.07. The quantitative estimate of drug-likeness (QED) is 0.240. The summed E-state index contributed by atoms with van der Waals surface area (Å²) in [6.07, 6.45) is -0.192. The zero-order valence-corrected chi connectivity index (χ0v) is 14.6. The van der Waals surface area contributed by atoms with Gasteiger partial charge in [-0.05, 0) is 18.6 Å². The summed E-state index contributed by atoms with van der Waals surface area (Å²) in [5, 5.41) is -0.499. The number of unbranched alkanes of at least 4 members (excludes halogenated alkanes) is 6. The van der Waals surface area contributed by atoms with Crippen molar-refractivity contribution in [3.8, 4) is 0 Å². The molecule has 138 valence electrons. The van der Waals surface area contributed by atoms with Gasteiger partial charge in [-0.1, -0.05) is 63.6 Å². The van der Waals surface area contributed by atoms with E-state index in [1.165, 1.54) is 12.1 Å². The first-order chi connectivity index (χ1) is 11.2. The fourth-order valence-corrected chi connectivity index (χ4v) is 4.73. The average Bonchev–Trinajstić information content (AvgIpc) is 2.50. The van der Waals surface area contributed by atoms with E-state index in [4.69, 9.17) is 0 Å². The predicted octanol–water partition coefficient (Wildman–Crippen LogP) is 6.84. The van der Waals surface area contributed by atoms with Crippen LogP contribution in [-0.2, 0) is 0 Å². The van der Waals surface area contributed by atoms with E-state index >= 15 is 0 Å². The summed E-state index contributed by atoms with van der Waals surface area (Å²) in [7, 11) is -2.97. The van der Waals surface area contributed by atoms with Gasteiger partial charge in [0.15, 0.2) is 0 Å². The molecule has 0 aliphatic heterocycles. The summed E-state index contributed by atoms with van der Waals surface area (Å²) in [5.74, 6) is -0.990. The van der Waals surface area contributed by atoms with Crippen LogP contribution in [0.1, 0.15) is 51.9 Å². The summed E-state index contributed by atoms with van der Waals surface area (Å²) >= 11 is 0. The molecule has 1 unspecified atom stereocenters. The van der Waals surface area contributed by atoms with Gasteiger partial charge in [-0.3, -0.25) is 0 Å². The SMILES string of the molecule is CCCCCCCCCP(c1ccccc1F)C(F)(F)C(F)(F)F. The molecule has 0 aliphatic rings. The summed E-state index contributed by atoms with van der Waals surface area (Å²) < 4.78 is 79.8. The number of halogens is 6. The van der Waals surface area contributed by atoms with Gasteiger partial charge in [-0.25, -0.2) is 4.39 Å². The molecule has 0 bridgehead atoms. The van der Waals surface area contributed by atoms with Crippen LogP contribution in [0.2, 0.25) is 0 Å². The number of hydrogen-bond donors (Lipinski definition) is 0. The van der Waals surface area contributed by atoms with E-state index in [0.29, 0.717) is 6.42 Å². The highest BCUT2D eigenvalue weighted by molar-refractivity contribution is 7.66. The van der Waals surface area contributed by atoms with Crippen molar-refractivity contribution in [1.29, 1.82) is 0 Å². The Bertz CT molecular complexity index is 486. The van der Waals surface area contributed by atoms with Gasteiger partial charge in [0.1, 0.15) is 5.82 Å². The summed E-state index contributed by atoms with van der Waals surface area (Å²) in [6, 6.07) is 4.56. The van der Waals surface area contributed by atoms with Crippen molar-refractivity contribution in [2.24, 2.45) is 0 Å². The van der Waals surface area contributed by atoms with Gasteiger partial charge in [0.2, 0.25) is 0 Å². The minimum absolute atomic E-state index is 0.248. The monoisotopic (exact) mass is 372 g/mol. The van der Waals surface area contributed by atoms with E-state index in [0.717, 1.165) is 44.2 Å². The molecule has 0 saturated carbocycles. The Hall–Kier alpha value is -0.770. The van der Waals surface area contributed by atoms with Crippen molar-refractivity contribution in [1.82, 2.24) is 0 Å². The molecule has 0 fully saturated rings. The molecule has 1 atom stereocenters. The minimum atomic E-state index is -5.66. The van der Waals surface area contributed by atoms with Gasteiger partial charge in [-0.15, -0.1) is 0 Å². The fraction of sp³-hybridized carbons (Fsp3) is 0.647. The van der Waals surface area contributed by atoms with Gasteiger partial charge in [0.05, 0.1) is 0 Å². The van der Waals surface area contributed by atoms with E-state index in [-0.39, 0.29) is 12.6 Å². The lowest BCUT2D eigenvalue weighted by atomic mass is 10.1. The molecule has 0 N–H and O–H groups in total. The molecule has 7 heteroatoms. The first kappa shape index (κ1) is 21.3. The van der Waals surface area contributed by atoms with Crippen molar-refractivity contribution in [2.45, 2.75) is 63.7 Å². The molecule has 0 heterocycles. The van der Waals surface area contributed by atoms with Crippen molar-refractivity contribution in [2.75, 3.05) is 6.16 Å². The van der Waals surface area contributed by atoms with Crippen molar-refractivity contribution in [3.05, 3.63) is 30.1 Å². The van der Waals surface area contributed by atoms with Crippen LogP contribution >= 0.6 is 7.92 Å². The maximum atomic E-state index is 13.9. The van der Waals surface area contributed by atoms with Crippen LogP contribution in [0.4, 0.5) is 26.3 Å². The smallest absolute Gasteiger partial charge is 0.206 e. The molecule has 0 saturated heterocycles. The molecule has 1 aromatic rings. The van der Waals surface area contributed by atoms with Gasteiger partial charge in [-0.2, -0.15) is 22.0 Å². The normalized spacial score (nSPS) is 14.0. The molecule has 0 radical (unpaired) electrons. The molecule has 1 rings (SSSR count). The number of benzene rings is 1. The van der Waals surface area contributed by atoms with Crippen LogP contribution in [0.25, 0.3) is 0 Å². The summed E-state index contributed by atoms with van der Waals surface area (Å²) in [5.41, 5.74) is -4.88. The second-order valence-corrected chi connectivity index (χ2v) is 8.11. The zero-order valence-electron chi connectivity index (χ0n) is 13.7. The third-order valence-corrected chi connectivity index (χ3v) is 6.45. The molecule has 1 aromatic carbocycles. The second-order valence-electron chi connectivity index (χ2n) is 5.76. The largest absolute Gasteiger partial charge is 0.457 e. The highest BCUT2D eigenvalue weighted by Gasteiger charge is 2.62. The highest BCUT2D eigenvalue weighted by atomic mass is 31.1. The molecule has 0 nitrogen and oxygen atoms in total. The van der Waals surface area contributed by atoms with E-state index in [1.807, 2.05) is 0 Å². The van der Waals surface area contributed by atoms with Crippen molar-refractivity contribution >= 4 is 13.2 Å². The lowest BCUT2D eigenvalue weighted by Gasteiger charge is -2.29. The van der Waals surface area contributed by atoms with Gasteiger partial charge >= 0.3 is 11.8 Å². The third kappa shape index (κ3) is 5.94. The Labute approximate surface area is 140 Å². The molecular weight excluding hydrogens is 349 g/mol. The van der Waals surface area contributed by atoms with Crippen molar-refractivity contribution in [3.63, 3.8) is 0 Å². The topological polar surface area (TPSA) is 0 Å². The Morgan fingerprint density at radius 3 is 1.92 bits per heavy atom. The van der Waals surface area contributed by atoms with Crippen LogP contribution in [0, 0.1) is 5.82 Å². The van der Waals surface area contributed by atoms with Gasteiger partial charge in [0, 0.05) is 13.2 Å².